The van der Waals surface area contributed by atoms with Crippen LogP contribution in [0, 0.1) is 5.82 Å². The lowest BCUT2D eigenvalue weighted by atomic mass is 10.2. The quantitative estimate of drug-likeness (QED) is 0.591. The minimum atomic E-state index is -3.47. The van der Waals surface area contributed by atoms with Gasteiger partial charge in [-0.25, -0.2) is 12.8 Å². The maximum absolute atomic E-state index is 12.9. The van der Waals surface area contributed by atoms with Crippen molar-refractivity contribution in [2.24, 2.45) is 0 Å². The van der Waals surface area contributed by atoms with Gasteiger partial charge in [0.25, 0.3) is 5.91 Å². The Morgan fingerprint density at radius 2 is 1.52 bits per heavy atom. The van der Waals surface area contributed by atoms with E-state index >= 15 is 0 Å². The second-order valence-corrected chi connectivity index (χ2v) is 9.37. The minimum absolute atomic E-state index is 0.174. The standard InChI is InChI=1S/C20H17FN2O4S2/c21-15-5-9-17(10-6-15)23-20(25)14-3-7-16(8-4-14)22-18(24)11-13-29(26,27)19-2-1-12-28-19/h1-10,12H,11,13H2,(H,22,24)(H,23,25). The van der Waals surface area contributed by atoms with Crippen molar-refractivity contribution in [3.05, 3.63) is 77.4 Å². The highest BCUT2D eigenvalue weighted by Crippen LogP contribution is 2.18. The van der Waals surface area contributed by atoms with Gasteiger partial charge in [-0.15, -0.1) is 11.3 Å². The van der Waals surface area contributed by atoms with Crippen molar-refractivity contribution in [2.45, 2.75) is 10.6 Å². The molecule has 6 nitrogen and oxygen atoms in total. The summed E-state index contributed by atoms with van der Waals surface area (Å²) in [5.41, 5.74) is 1.26. The van der Waals surface area contributed by atoms with Crippen LogP contribution in [0.2, 0.25) is 0 Å². The number of carbonyl (C=O) groups excluding carboxylic acids is 2. The van der Waals surface area contributed by atoms with Crippen LogP contribution in [-0.4, -0.2) is 26.0 Å². The number of rotatable bonds is 7. The van der Waals surface area contributed by atoms with Crippen LogP contribution in [0.25, 0.3) is 0 Å². The molecule has 150 valence electrons. The van der Waals surface area contributed by atoms with E-state index in [9.17, 15) is 22.4 Å². The number of thiophene rings is 1. The molecular formula is C20H17FN2O4S2. The average molecular weight is 432 g/mol. The van der Waals surface area contributed by atoms with Gasteiger partial charge < -0.3 is 10.6 Å². The van der Waals surface area contributed by atoms with Gasteiger partial charge in [0.1, 0.15) is 10.0 Å². The molecule has 2 N–H and O–H groups in total. The van der Waals surface area contributed by atoms with E-state index in [0.29, 0.717) is 16.9 Å². The summed E-state index contributed by atoms with van der Waals surface area (Å²) in [5, 5.41) is 6.91. The van der Waals surface area contributed by atoms with Gasteiger partial charge in [0.05, 0.1) is 5.75 Å². The fourth-order valence-electron chi connectivity index (χ4n) is 2.43. The summed E-state index contributed by atoms with van der Waals surface area (Å²) in [6.45, 7) is 0. The summed E-state index contributed by atoms with van der Waals surface area (Å²) in [6.07, 6.45) is -0.174. The van der Waals surface area contributed by atoms with Crippen molar-refractivity contribution in [3.63, 3.8) is 0 Å². The second kappa shape index (κ2) is 8.97. The molecular weight excluding hydrogens is 415 g/mol. The van der Waals surface area contributed by atoms with Gasteiger partial charge in [-0.2, -0.15) is 0 Å². The van der Waals surface area contributed by atoms with Gasteiger partial charge >= 0.3 is 0 Å². The molecule has 0 aliphatic heterocycles. The molecule has 0 aliphatic rings. The number of hydrogen-bond donors (Lipinski definition) is 2. The lowest BCUT2D eigenvalue weighted by Crippen LogP contribution is -2.17. The van der Waals surface area contributed by atoms with Crippen molar-refractivity contribution < 1.29 is 22.4 Å². The monoisotopic (exact) mass is 432 g/mol. The predicted octanol–water partition coefficient (Wildman–Crippen LogP) is 3.94. The molecule has 1 heterocycles. The number of anilines is 2. The Morgan fingerprint density at radius 3 is 2.14 bits per heavy atom. The first-order chi connectivity index (χ1) is 13.8. The molecule has 3 rings (SSSR count). The molecule has 0 atom stereocenters. The van der Waals surface area contributed by atoms with Gasteiger partial charge in [-0.1, -0.05) is 6.07 Å². The highest BCUT2D eigenvalue weighted by molar-refractivity contribution is 7.93. The molecule has 29 heavy (non-hydrogen) atoms. The zero-order chi connectivity index (χ0) is 20.9. The Kier molecular flexibility index (Phi) is 6.40. The number of hydrogen-bond acceptors (Lipinski definition) is 5. The largest absolute Gasteiger partial charge is 0.326 e. The van der Waals surface area contributed by atoms with E-state index in [0.717, 1.165) is 11.3 Å². The van der Waals surface area contributed by atoms with Crippen molar-refractivity contribution >= 4 is 44.4 Å². The smallest absolute Gasteiger partial charge is 0.255 e. The SMILES string of the molecule is O=C(CCS(=O)(=O)c1cccs1)Nc1ccc(C(=O)Nc2ccc(F)cc2)cc1. The summed E-state index contributed by atoms with van der Waals surface area (Å²) in [4.78, 5) is 24.2. The number of benzene rings is 2. The van der Waals surface area contributed by atoms with Gasteiger partial charge in [0.15, 0.2) is 9.84 Å². The third-order valence-electron chi connectivity index (χ3n) is 3.93. The van der Waals surface area contributed by atoms with E-state index in [-0.39, 0.29) is 22.3 Å². The Bertz CT molecular complexity index is 1090. The first-order valence-corrected chi connectivity index (χ1v) is 11.1. The molecule has 3 aromatic rings. The number of sulfone groups is 1. The average Bonchev–Trinajstić information content (AvgIpc) is 3.25. The molecule has 0 saturated heterocycles. The number of halogens is 1. The third-order valence-corrected chi connectivity index (χ3v) is 7.14. The highest BCUT2D eigenvalue weighted by atomic mass is 32.2. The maximum Gasteiger partial charge on any atom is 0.255 e. The Hall–Kier alpha value is -3.04. The lowest BCUT2D eigenvalue weighted by molar-refractivity contribution is -0.115. The first kappa shape index (κ1) is 20.7. The topological polar surface area (TPSA) is 92.3 Å². The molecule has 0 unspecified atom stereocenters. The summed E-state index contributed by atoms with van der Waals surface area (Å²) < 4.78 is 37.4. The Labute approximate surface area is 171 Å². The molecule has 0 saturated carbocycles. The van der Waals surface area contributed by atoms with Crippen LogP contribution in [0.15, 0.2) is 70.3 Å². The van der Waals surface area contributed by atoms with Crippen molar-refractivity contribution in [2.75, 3.05) is 16.4 Å². The van der Waals surface area contributed by atoms with E-state index in [1.165, 1.54) is 42.5 Å². The highest BCUT2D eigenvalue weighted by Gasteiger charge is 2.17. The molecule has 2 amide bonds. The summed E-state index contributed by atoms with van der Waals surface area (Å²) in [5.74, 6) is -1.49. The van der Waals surface area contributed by atoms with Crippen molar-refractivity contribution in [3.8, 4) is 0 Å². The second-order valence-electron chi connectivity index (χ2n) is 6.09. The van der Waals surface area contributed by atoms with E-state index in [4.69, 9.17) is 0 Å². The summed E-state index contributed by atoms with van der Waals surface area (Å²) in [7, 11) is -3.47. The third kappa shape index (κ3) is 5.72. The molecule has 0 fully saturated rings. The van der Waals surface area contributed by atoms with Gasteiger partial charge in [-0.05, 0) is 60.0 Å². The normalized spacial score (nSPS) is 11.1. The maximum atomic E-state index is 12.9. The van der Waals surface area contributed by atoms with E-state index in [2.05, 4.69) is 10.6 Å². The van der Waals surface area contributed by atoms with E-state index in [1.54, 1.807) is 23.6 Å². The van der Waals surface area contributed by atoms with E-state index in [1.807, 2.05) is 0 Å². The van der Waals surface area contributed by atoms with Crippen LogP contribution in [0.4, 0.5) is 15.8 Å². The van der Waals surface area contributed by atoms with Crippen LogP contribution >= 0.6 is 11.3 Å². The van der Waals surface area contributed by atoms with Crippen LogP contribution in [0.3, 0.4) is 0 Å². The zero-order valence-electron chi connectivity index (χ0n) is 15.1. The Balaban J connectivity index is 1.53. The van der Waals surface area contributed by atoms with Crippen molar-refractivity contribution in [1.29, 1.82) is 0 Å². The zero-order valence-corrected chi connectivity index (χ0v) is 16.7. The van der Waals surface area contributed by atoms with Crippen LogP contribution in [0.1, 0.15) is 16.8 Å². The van der Waals surface area contributed by atoms with Gasteiger partial charge in [0, 0.05) is 23.4 Å². The lowest BCUT2D eigenvalue weighted by Gasteiger charge is -2.08. The van der Waals surface area contributed by atoms with Gasteiger partial charge in [0.2, 0.25) is 5.91 Å². The van der Waals surface area contributed by atoms with Crippen LogP contribution in [0.5, 0.6) is 0 Å². The summed E-state index contributed by atoms with van der Waals surface area (Å²) >= 11 is 1.11. The molecule has 0 aliphatic carbocycles. The molecule has 0 bridgehead atoms. The molecule has 2 aromatic carbocycles. The van der Waals surface area contributed by atoms with Gasteiger partial charge in [-0.3, -0.25) is 9.59 Å². The van der Waals surface area contributed by atoms with Crippen molar-refractivity contribution in [1.82, 2.24) is 0 Å². The number of nitrogens with one attached hydrogen (secondary N) is 2. The fourth-order valence-corrected chi connectivity index (χ4v) is 4.83. The molecule has 0 radical (unpaired) electrons. The molecule has 0 spiro atoms. The van der Waals surface area contributed by atoms with E-state index < -0.39 is 21.6 Å². The van der Waals surface area contributed by atoms with Crippen LogP contribution in [-0.2, 0) is 14.6 Å². The fraction of sp³-hybridized carbons (Fsp3) is 0.100. The number of carbonyl (C=O) groups is 2. The molecule has 9 heteroatoms. The van der Waals surface area contributed by atoms with Crippen LogP contribution < -0.4 is 10.6 Å². The minimum Gasteiger partial charge on any atom is -0.326 e. The Morgan fingerprint density at radius 1 is 0.897 bits per heavy atom. The first-order valence-electron chi connectivity index (χ1n) is 8.56. The number of amides is 2. The summed E-state index contributed by atoms with van der Waals surface area (Å²) in [6, 6.07) is 14.7. The predicted molar refractivity (Wildman–Crippen MR) is 110 cm³/mol. The molecule has 1 aromatic heterocycles.